The summed E-state index contributed by atoms with van der Waals surface area (Å²) in [5.41, 5.74) is -1.43. The van der Waals surface area contributed by atoms with Crippen molar-refractivity contribution in [3.8, 4) is 0 Å². The maximum absolute atomic E-state index is 13.3. The van der Waals surface area contributed by atoms with Gasteiger partial charge in [0.25, 0.3) is 0 Å². The number of hydrogen-bond acceptors (Lipinski definition) is 2. The Labute approximate surface area is 108 Å². The molecule has 0 saturated heterocycles. The zero-order valence-corrected chi connectivity index (χ0v) is 10.1. The molecule has 1 aromatic rings. The molecule has 0 bridgehead atoms. The Morgan fingerprint density at radius 1 is 1.26 bits per heavy atom. The maximum Gasteiger partial charge on any atom is 0.319 e. The Hall–Kier alpha value is -1.98. The Kier molecular flexibility index (Phi) is 3.50. The largest absolute Gasteiger partial charge is 0.480 e. The van der Waals surface area contributed by atoms with E-state index >= 15 is 0 Å². The molecule has 0 spiro atoms. The lowest BCUT2D eigenvalue weighted by Gasteiger charge is -2.11. The van der Waals surface area contributed by atoms with Crippen molar-refractivity contribution in [1.82, 2.24) is 5.32 Å². The van der Waals surface area contributed by atoms with Crippen LogP contribution in [0.3, 0.4) is 0 Å². The van der Waals surface area contributed by atoms with Crippen molar-refractivity contribution in [2.45, 2.75) is 19.3 Å². The van der Waals surface area contributed by atoms with Crippen molar-refractivity contribution in [3.05, 3.63) is 35.4 Å². The van der Waals surface area contributed by atoms with Crippen molar-refractivity contribution >= 4 is 11.9 Å². The van der Waals surface area contributed by atoms with Crippen molar-refractivity contribution in [3.63, 3.8) is 0 Å². The number of carboxylic acids is 1. The van der Waals surface area contributed by atoms with Crippen molar-refractivity contribution in [1.29, 1.82) is 0 Å². The third-order valence-corrected chi connectivity index (χ3v) is 3.32. The molecule has 0 aliphatic heterocycles. The Morgan fingerprint density at radius 2 is 1.84 bits per heavy atom. The van der Waals surface area contributed by atoms with Gasteiger partial charge in [-0.15, -0.1) is 0 Å². The van der Waals surface area contributed by atoms with E-state index in [9.17, 15) is 18.4 Å². The molecular weight excluding hydrogens is 256 g/mol. The van der Waals surface area contributed by atoms with Crippen LogP contribution in [0, 0.1) is 17.0 Å². The summed E-state index contributed by atoms with van der Waals surface area (Å²) in [5, 5.41) is 11.3. The highest BCUT2D eigenvalue weighted by Crippen LogP contribution is 2.46. The van der Waals surface area contributed by atoms with Crippen LogP contribution >= 0.6 is 0 Å². The standard InChI is InChI=1S/C13H13F2NO3/c14-9-2-1-3-10(15)8(9)4-7-16-11(17)13(5-6-13)12(18)19/h1-3H,4-7H2,(H,16,17)(H,18,19). The quantitative estimate of drug-likeness (QED) is 0.796. The molecule has 0 atom stereocenters. The van der Waals surface area contributed by atoms with Crippen LogP contribution in [0.15, 0.2) is 18.2 Å². The summed E-state index contributed by atoms with van der Waals surface area (Å²) in [4.78, 5) is 22.5. The van der Waals surface area contributed by atoms with Gasteiger partial charge in [-0.2, -0.15) is 0 Å². The molecule has 1 aliphatic rings. The number of halogens is 2. The molecule has 1 fully saturated rings. The molecule has 1 saturated carbocycles. The van der Waals surface area contributed by atoms with Gasteiger partial charge in [-0.05, 0) is 31.4 Å². The van der Waals surface area contributed by atoms with E-state index in [1.54, 1.807) is 0 Å². The van der Waals surface area contributed by atoms with Gasteiger partial charge in [0, 0.05) is 12.1 Å². The Balaban J connectivity index is 1.91. The van der Waals surface area contributed by atoms with Crippen molar-refractivity contribution in [2.75, 3.05) is 6.54 Å². The highest BCUT2D eigenvalue weighted by molar-refractivity contribution is 6.04. The average Bonchev–Trinajstić information content (AvgIpc) is 3.14. The van der Waals surface area contributed by atoms with Crippen LogP contribution in [0.25, 0.3) is 0 Å². The van der Waals surface area contributed by atoms with Crippen molar-refractivity contribution < 1.29 is 23.5 Å². The first kappa shape index (κ1) is 13.5. The van der Waals surface area contributed by atoms with E-state index in [0.29, 0.717) is 12.8 Å². The van der Waals surface area contributed by atoms with Gasteiger partial charge in [0.05, 0.1) is 0 Å². The summed E-state index contributed by atoms with van der Waals surface area (Å²) < 4.78 is 26.6. The molecule has 4 nitrogen and oxygen atoms in total. The number of amides is 1. The minimum absolute atomic E-state index is 0.00567. The number of benzene rings is 1. The Morgan fingerprint density at radius 3 is 2.32 bits per heavy atom. The van der Waals surface area contributed by atoms with Gasteiger partial charge in [-0.25, -0.2) is 8.78 Å². The van der Waals surface area contributed by atoms with Crippen LogP contribution in [0.1, 0.15) is 18.4 Å². The molecule has 0 aromatic heterocycles. The summed E-state index contributed by atoms with van der Waals surface area (Å²) in [6.45, 7) is 0.00567. The fourth-order valence-corrected chi connectivity index (χ4v) is 1.90. The summed E-state index contributed by atoms with van der Waals surface area (Å²) in [5.74, 6) is -3.08. The minimum atomic E-state index is -1.33. The maximum atomic E-state index is 13.3. The van der Waals surface area contributed by atoms with E-state index in [-0.39, 0.29) is 18.5 Å². The molecule has 2 N–H and O–H groups in total. The molecule has 2 rings (SSSR count). The normalized spacial score (nSPS) is 15.9. The van der Waals surface area contributed by atoms with E-state index < -0.39 is 28.9 Å². The van der Waals surface area contributed by atoms with Gasteiger partial charge in [0.2, 0.25) is 5.91 Å². The molecule has 0 heterocycles. The summed E-state index contributed by atoms with van der Waals surface area (Å²) in [6, 6.07) is 3.54. The van der Waals surface area contributed by atoms with Gasteiger partial charge in [-0.1, -0.05) is 6.07 Å². The lowest BCUT2D eigenvalue weighted by atomic mass is 10.1. The number of carbonyl (C=O) groups excluding carboxylic acids is 1. The van der Waals surface area contributed by atoms with Crippen molar-refractivity contribution in [2.24, 2.45) is 5.41 Å². The summed E-state index contributed by atoms with van der Waals surface area (Å²) in [6.07, 6.45) is 0.602. The molecule has 0 radical (unpaired) electrons. The lowest BCUT2D eigenvalue weighted by Crippen LogP contribution is -2.38. The number of rotatable bonds is 5. The van der Waals surface area contributed by atoms with Gasteiger partial charge in [-0.3, -0.25) is 9.59 Å². The fraction of sp³-hybridized carbons (Fsp3) is 0.385. The van der Waals surface area contributed by atoms with Gasteiger partial charge in [0.1, 0.15) is 17.0 Å². The number of carbonyl (C=O) groups is 2. The topological polar surface area (TPSA) is 66.4 Å². The zero-order valence-electron chi connectivity index (χ0n) is 10.1. The highest BCUT2D eigenvalue weighted by atomic mass is 19.1. The first-order valence-corrected chi connectivity index (χ1v) is 5.92. The Bertz CT molecular complexity index is 506. The van der Waals surface area contributed by atoms with E-state index in [2.05, 4.69) is 5.32 Å². The van der Waals surface area contributed by atoms with Gasteiger partial charge >= 0.3 is 5.97 Å². The van der Waals surface area contributed by atoms with Crippen LogP contribution in [0.2, 0.25) is 0 Å². The van der Waals surface area contributed by atoms with E-state index in [1.807, 2.05) is 0 Å². The first-order valence-electron chi connectivity index (χ1n) is 5.92. The molecule has 0 unspecified atom stereocenters. The molecule has 6 heteroatoms. The SMILES string of the molecule is O=C(O)C1(C(=O)NCCc2c(F)cccc2F)CC1. The third-order valence-electron chi connectivity index (χ3n) is 3.32. The smallest absolute Gasteiger partial charge is 0.319 e. The monoisotopic (exact) mass is 269 g/mol. The van der Waals surface area contributed by atoms with Gasteiger partial charge in [0.15, 0.2) is 0 Å². The second-order valence-electron chi connectivity index (χ2n) is 4.59. The van der Waals surface area contributed by atoms with Crippen LogP contribution in [-0.2, 0) is 16.0 Å². The van der Waals surface area contributed by atoms with Crippen LogP contribution in [0.4, 0.5) is 8.78 Å². The minimum Gasteiger partial charge on any atom is -0.480 e. The fourth-order valence-electron chi connectivity index (χ4n) is 1.90. The van der Waals surface area contributed by atoms with E-state index in [4.69, 9.17) is 5.11 Å². The lowest BCUT2D eigenvalue weighted by molar-refractivity contribution is -0.149. The second-order valence-corrected chi connectivity index (χ2v) is 4.59. The van der Waals surface area contributed by atoms with Gasteiger partial charge < -0.3 is 10.4 Å². The summed E-state index contributed by atoms with van der Waals surface area (Å²) >= 11 is 0. The molecular formula is C13H13F2NO3. The number of nitrogens with one attached hydrogen (secondary N) is 1. The third kappa shape index (κ3) is 2.57. The molecule has 1 aromatic carbocycles. The molecule has 1 aliphatic carbocycles. The molecule has 102 valence electrons. The van der Waals surface area contributed by atoms with E-state index in [1.165, 1.54) is 6.07 Å². The van der Waals surface area contributed by atoms with Crippen LogP contribution in [-0.4, -0.2) is 23.5 Å². The number of hydrogen-bond donors (Lipinski definition) is 2. The number of aliphatic carboxylic acids is 1. The first-order chi connectivity index (χ1) is 8.97. The highest BCUT2D eigenvalue weighted by Gasteiger charge is 2.56. The second kappa shape index (κ2) is 4.95. The zero-order chi connectivity index (χ0) is 14.0. The average molecular weight is 269 g/mol. The molecule has 19 heavy (non-hydrogen) atoms. The van der Waals surface area contributed by atoms with Crippen LogP contribution in [0.5, 0.6) is 0 Å². The predicted octanol–water partition coefficient (Wildman–Crippen LogP) is 1.49. The predicted molar refractivity (Wildman–Crippen MR) is 62.4 cm³/mol. The van der Waals surface area contributed by atoms with E-state index in [0.717, 1.165) is 12.1 Å². The molecule has 1 amide bonds. The summed E-state index contributed by atoms with van der Waals surface area (Å²) in [7, 11) is 0. The van der Waals surface area contributed by atoms with Crippen LogP contribution < -0.4 is 5.32 Å². The number of carboxylic acid groups (broad SMARTS) is 1.